The van der Waals surface area contributed by atoms with E-state index in [0.717, 1.165) is 32.1 Å². The number of methoxy groups -OCH3 is 1. The summed E-state index contributed by atoms with van der Waals surface area (Å²) in [4.78, 5) is 54.4. The number of rotatable bonds is 6. The van der Waals surface area contributed by atoms with E-state index in [2.05, 4.69) is 0 Å². The van der Waals surface area contributed by atoms with Crippen LogP contribution in [0, 0.1) is 5.92 Å². The largest absolute Gasteiger partial charge is 0.453 e. The summed E-state index contributed by atoms with van der Waals surface area (Å²) in [6, 6.07) is -1.39. The van der Waals surface area contributed by atoms with Gasteiger partial charge in [-0.2, -0.15) is 0 Å². The minimum absolute atomic E-state index is 0.0288. The number of nitrogens with zero attached hydrogens (tertiary/aromatic N) is 2. The van der Waals surface area contributed by atoms with Crippen molar-refractivity contribution in [1.82, 2.24) is 9.80 Å². The maximum atomic E-state index is 13.6. The normalized spacial score (nSPS) is 35.4. The molecule has 3 saturated heterocycles. The summed E-state index contributed by atoms with van der Waals surface area (Å²) in [6.45, 7) is 2.05. The molecule has 0 N–H and O–H groups in total. The number of Topliss-reactive ketones (excluding diaryl/α,β-unsaturated/α-hetero) is 1. The molecule has 0 aromatic rings. The van der Waals surface area contributed by atoms with E-state index < -0.39 is 29.6 Å². The summed E-state index contributed by atoms with van der Waals surface area (Å²) in [7, 11) is 1.54. The number of likely N-dealkylation sites (tertiary alicyclic amines) is 2. The zero-order valence-corrected chi connectivity index (χ0v) is 16.5. The lowest BCUT2D eigenvalue weighted by atomic mass is 9.79. The van der Waals surface area contributed by atoms with Crippen LogP contribution in [0.3, 0.4) is 0 Å². The van der Waals surface area contributed by atoms with Crippen molar-refractivity contribution in [1.29, 1.82) is 0 Å². The van der Waals surface area contributed by atoms with Gasteiger partial charge in [0.1, 0.15) is 5.78 Å². The molecule has 0 aromatic carbocycles. The Morgan fingerprint density at radius 1 is 1.18 bits per heavy atom. The van der Waals surface area contributed by atoms with E-state index in [0.29, 0.717) is 6.61 Å². The van der Waals surface area contributed by atoms with Gasteiger partial charge in [0.2, 0.25) is 11.8 Å². The zero-order valence-electron chi connectivity index (χ0n) is 16.5. The highest BCUT2D eigenvalue weighted by atomic mass is 16.6. The molecular weight excluding hydrogens is 364 g/mol. The van der Waals surface area contributed by atoms with Crippen LogP contribution in [0.15, 0.2) is 0 Å². The maximum Gasteiger partial charge on any atom is 0.307 e. The molecule has 3 heterocycles. The second-order valence-electron chi connectivity index (χ2n) is 8.47. The number of ketones is 1. The van der Waals surface area contributed by atoms with Crippen molar-refractivity contribution >= 4 is 23.6 Å². The first-order chi connectivity index (χ1) is 13.4. The van der Waals surface area contributed by atoms with Crippen molar-refractivity contribution in [3.05, 3.63) is 0 Å². The quantitative estimate of drug-likeness (QED) is 0.617. The van der Waals surface area contributed by atoms with Gasteiger partial charge in [-0.05, 0) is 19.8 Å². The molecule has 1 spiro atoms. The summed E-state index contributed by atoms with van der Waals surface area (Å²) in [6.07, 6.45) is 5.05. The van der Waals surface area contributed by atoms with Crippen LogP contribution < -0.4 is 0 Å². The van der Waals surface area contributed by atoms with E-state index in [1.54, 1.807) is 7.11 Å². The molecule has 2 amide bonds. The molecule has 154 valence electrons. The van der Waals surface area contributed by atoms with Crippen LogP contribution in [-0.2, 0) is 28.7 Å². The highest BCUT2D eigenvalue weighted by Crippen LogP contribution is 2.54. The number of carbonyl (C=O) groups excluding carboxylic acids is 4. The predicted octanol–water partition coefficient (Wildman–Crippen LogP) is 0.668. The van der Waals surface area contributed by atoms with E-state index in [4.69, 9.17) is 9.47 Å². The van der Waals surface area contributed by atoms with Crippen molar-refractivity contribution < 1.29 is 28.7 Å². The molecule has 0 aromatic heterocycles. The molecule has 1 aliphatic carbocycles. The highest BCUT2D eigenvalue weighted by Gasteiger charge is 2.77. The van der Waals surface area contributed by atoms with Crippen LogP contribution >= 0.6 is 0 Å². The van der Waals surface area contributed by atoms with Gasteiger partial charge in [0.25, 0.3) is 0 Å². The van der Waals surface area contributed by atoms with Crippen LogP contribution in [-0.4, -0.2) is 77.4 Å². The summed E-state index contributed by atoms with van der Waals surface area (Å²) < 4.78 is 11.0. The first-order valence-electron chi connectivity index (χ1n) is 10.2. The molecule has 0 radical (unpaired) electrons. The smallest absolute Gasteiger partial charge is 0.307 e. The Morgan fingerprint density at radius 3 is 2.54 bits per heavy atom. The number of amides is 2. The standard InChI is InChI=1S/C20H28N2O6/c1-12(23)10-15-20-14(11-16(24)28-20)18(25)21(8-9-27-2)17(20)19(26)22(15)13-6-4-3-5-7-13/h13-15,17H,3-11H2,1-2H3. The number of ether oxygens (including phenoxy) is 2. The van der Waals surface area contributed by atoms with Crippen molar-refractivity contribution in [3.8, 4) is 0 Å². The average molecular weight is 392 g/mol. The molecule has 4 atom stereocenters. The van der Waals surface area contributed by atoms with Gasteiger partial charge in [-0.15, -0.1) is 0 Å². The van der Waals surface area contributed by atoms with Crippen molar-refractivity contribution in [2.24, 2.45) is 5.92 Å². The Bertz CT molecular complexity index is 703. The lowest BCUT2D eigenvalue weighted by Gasteiger charge is -2.39. The van der Waals surface area contributed by atoms with Gasteiger partial charge >= 0.3 is 5.97 Å². The van der Waals surface area contributed by atoms with E-state index in [1.165, 1.54) is 11.8 Å². The third kappa shape index (κ3) is 2.68. The summed E-state index contributed by atoms with van der Waals surface area (Å²) in [5, 5.41) is 0. The number of hydrogen-bond donors (Lipinski definition) is 0. The number of carbonyl (C=O) groups is 4. The maximum absolute atomic E-state index is 13.6. The summed E-state index contributed by atoms with van der Waals surface area (Å²) in [5.41, 5.74) is -1.25. The topological polar surface area (TPSA) is 93.2 Å². The van der Waals surface area contributed by atoms with Gasteiger partial charge in [0.15, 0.2) is 11.6 Å². The first kappa shape index (κ1) is 19.4. The predicted molar refractivity (Wildman–Crippen MR) is 97.1 cm³/mol. The SMILES string of the molecule is COCCN1C(=O)C2CC(=O)OC23C1C(=O)N(C1CCCCC1)C3CC(C)=O. The van der Waals surface area contributed by atoms with E-state index in [-0.39, 0.29) is 43.0 Å². The minimum atomic E-state index is -1.25. The molecule has 4 unspecified atom stereocenters. The second kappa shape index (κ2) is 7.13. The molecule has 4 rings (SSSR count). The summed E-state index contributed by atoms with van der Waals surface area (Å²) in [5.74, 6) is -1.65. The van der Waals surface area contributed by atoms with Crippen molar-refractivity contribution in [2.45, 2.75) is 75.6 Å². The third-order valence-corrected chi connectivity index (χ3v) is 6.86. The van der Waals surface area contributed by atoms with Gasteiger partial charge in [0.05, 0.1) is 25.0 Å². The molecule has 3 aliphatic heterocycles. The first-order valence-corrected chi connectivity index (χ1v) is 10.2. The fraction of sp³-hybridized carbons (Fsp3) is 0.800. The Morgan fingerprint density at radius 2 is 1.89 bits per heavy atom. The number of hydrogen-bond acceptors (Lipinski definition) is 6. The highest BCUT2D eigenvalue weighted by molar-refractivity contribution is 6.02. The lowest BCUT2D eigenvalue weighted by Crippen LogP contribution is -2.54. The van der Waals surface area contributed by atoms with Crippen LogP contribution in [0.4, 0.5) is 0 Å². The van der Waals surface area contributed by atoms with Crippen LogP contribution in [0.1, 0.15) is 51.9 Å². The fourth-order valence-electron chi connectivity index (χ4n) is 5.81. The Balaban J connectivity index is 1.78. The Hall–Kier alpha value is -1.96. The second-order valence-corrected chi connectivity index (χ2v) is 8.47. The molecule has 4 aliphatic rings. The van der Waals surface area contributed by atoms with Crippen LogP contribution in [0.5, 0.6) is 0 Å². The summed E-state index contributed by atoms with van der Waals surface area (Å²) >= 11 is 0. The molecule has 1 saturated carbocycles. The van der Waals surface area contributed by atoms with Gasteiger partial charge in [-0.3, -0.25) is 19.2 Å². The molecular formula is C20H28N2O6. The monoisotopic (exact) mass is 392 g/mol. The van der Waals surface area contributed by atoms with Gasteiger partial charge in [-0.1, -0.05) is 19.3 Å². The number of esters is 1. The van der Waals surface area contributed by atoms with Gasteiger partial charge in [0, 0.05) is 26.1 Å². The van der Waals surface area contributed by atoms with Gasteiger partial charge < -0.3 is 19.3 Å². The Labute approximate surface area is 164 Å². The van der Waals surface area contributed by atoms with Crippen LogP contribution in [0.2, 0.25) is 0 Å². The van der Waals surface area contributed by atoms with E-state index >= 15 is 0 Å². The molecule has 4 fully saturated rings. The molecule has 28 heavy (non-hydrogen) atoms. The lowest BCUT2D eigenvalue weighted by molar-refractivity contribution is -0.154. The van der Waals surface area contributed by atoms with Gasteiger partial charge in [-0.25, -0.2) is 0 Å². The van der Waals surface area contributed by atoms with E-state index in [1.807, 2.05) is 4.90 Å². The molecule has 8 heteroatoms. The third-order valence-electron chi connectivity index (χ3n) is 6.86. The fourth-order valence-corrected chi connectivity index (χ4v) is 5.81. The molecule has 8 nitrogen and oxygen atoms in total. The average Bonchev–Trinajstić information content (AvgIpc) is 3.19. The minimum Gasteiger partial charge on any atom is -0.453 e. The Kier molecular flexibility index (Phi) is 4.93. The zero-order chi connectivity index (χ0) is 20.1. The van der Waals surface area contributed by atoms with Crippen LogP contribution in [0.25, 0.3) is 0 Å². The van der Waals surface area contributed by atoms with E-state index in [9.17, 15) is 19.2 Å². The van der Waals surface area contributed by atoms with Crippen molar-refractivity contribution in [3.63, 3.8) is 0 Å². The van der Waals surface area contributed by atoms with Crippen molar-refractivity contribution in [2.75, 3.05) is 20.3 Å². The molecule has 0 bridgehead atoms.